The fourth-order valence-electron chi connectivity index (χ4n) is 1.63. The maximum atomic E-state index is 9.69. The van der Waals surface area contributed by atoms with Crippen molar-refractivity contribution in [3.05, 3.63) is 36.4 Å². The number of hydrogen-bond acceptors (Lipinski definition) is 3. The second-order valence-electron chi connectivity index (χ2n) is 3.47. The highest BCUT2D eigenvalue weighted by Gasteiger charge is 2.04. The molecule has 0 radical (unpaired) electrons. The largest absolute Gasteiger partial charge is 0.507 e. The van der Waals surface area contributed by atoms with Crippen molar-refractivity contribution in [3.63, 3.8) is 0 Å². The Morgan fingerprint density at radius 3 is 2.56 bits per heavy atom. The SMILES string of the molecule is COCCOc1cccc2c(O)cccc12. The fourth-order valence-corrected chi connectivity index (χ4v) is 1.63. The van der Waals surface area contributed by atoms with Gasteiger partial charge in [0.25, 0.3) is 0 Å². The van der Waals surface area contributed by atoms with Gasteiger partial charge in [-0.15, -0.1) is 0 Å². The average Bonchev–Trinajstić information content (AvgIpc) is 2.31. The van der Waals surface area contributed by atoms with E-state index in [1.807, 2.05) is 24.3 Å². The van der Waals surface area contributed by atoms with Gasteiger partial charge in [-0.25, -0.2) is 0 Å². The lowest BCUT2D eigenvalue weighted by atomic mass is 10.1. The van der Waals surface area contributed by atoms with E-state index in [4.69, 9.17) is 9.47 Å². The quantitative estimate of drug-likeness (QED) is 0.801. The number of aromatic hydroxyl groups is 1. The summed E-state index contributed by atoms with van der Waals surface area (Å²) in [5.74, 6) is 1.04. The van der Waals surface area contributed by atoms with Gasteiger partial charge in [-0.2, -0.15) is 0 Å². The van der Waals surface area contributed by atoms with Crippen LogP contribution in [0.15, 0.2) is 36.4 Å². The molecule has 0 saturated carbocycles. The minimum Gasteiger partial charge on any atom is -0.507 e. The molecular formula is C13H14O3. The molecule has 0 heterocycles. The summed E-state index contributed by atoms with van der Waals surface area (Å²) in [6.07, 6.45) is 0. The minimum absolute atomic E-state index is 0.273. The van der Waals surface area contributed by atoms with Gasteiger partial charge in [0.05, 0.1) is 6.61 Å². The standard InChI is InChI=1S/C13H14O3/c1-15-8-9-16-13-7-3-4-10-11(13)5-2-6-12(10)14/h2-7,14H,8-9H2,1H3. The van der Waals surface area contributed by atoms with Crippen molar-refractivity contribution in [2.45, 2.75) is 0 Å². The normalized spacial score (nSPS) is 10.6. The first kappa shape index (κ1) is 10.8. The van der Waals surface area contributed by atoms with E-state index in [2.05, 4.69) is 0 Å². The molecule has 84 valence electrons. The first-order chi connectivity index (χ1) is 7.83. The summed E-state index contributed by atoms with van der Waals surface area (Å²) in [6.45, 7) is 1.06. The molecule has 2 rings (SSSR count). The third-order valence-electron chi connectivity index (χ3n) is 2.40. The number of fused-ring (bicyclic) bond motifs is 1. The number of phenolic OH excluding ortho intramolecular Hbond substituents is 1. The Hall–Kier alpha value is -1.74. The molecule has 0 amide bonds. The van der Waals surface area contributed by atoms with Crippen molar-refractivity contribution in [2.75, 3.05) is 20.3 Å². The highest BCUT2D eigenvalue weighted by atomic mass is 16.5. The van der Waals surface area contributed by atoms with Crippen LogP contribution in [-0.4, -0.2) is 25.4 Å². The molecule has 0 unspecified atom stereocenters. The van der Waals surface area contributed by atoms with Gasteiger partial charge in [0.2, 0.25) is 0 Å². The van der Waals surface area contributed by atoms with Crippen LogP contribution in [-0.2, 0) is 4.74 Å². The van der Waals surface area contributed by atoms with Gasteiger partial charge >= 0.3 is 0 Å². The summed E-state index contributed by atoms with van der Waals surface area (Å²) in [6, 6.07) is 11.0. The Morgan fingerprint density at radius 1 is 1.00 bits per heavy atom. The lowest BCUT2D eigenvalue weighted by Crippen LogP contribution is -2.04. The van der Waals surface area contributed by atoms with Crippen molar-refractivity contribution < 1.29 is 14.6 Å². The number of hydrogen-bond donors (Lipinski definition) is 1. The number of methoxy groups -OCH3 is 1. The molecule has 0 spiro atoms. The minimum atomic E-state index is 0.273. The van der Waals surface area contributed by atoms with Gasteiger partial charge in [0.1, 0.15) is 18.1 Å². The Balaban J connectivity index is 2.34. The van der Waals surface area contributed by atoms with Crippen LogP contribution in [0.4, 0.5) is 0 Å². The number of ether oxygens (including phenoxy) is 2. The van der Waals surface area contributed by atoms with Crippen molar-refractivity contribution in [3.8, 4) is 11.5 Å². The summed E-state index contributed by atoms with van der Waals surface area (Å²) in [7, 11) is 1.64. The molecule has 0 bridgehead atoms. The topological polar surface area (TPSA) is 38.7 Å². The summed E-state index contributed by atoms with van der Waals surface area (Å²) < 4.78 is 10.5. The molecule has 0 atom stereocenters. The Bertz CT molecular complexity index is 480. The van der Waals surface area contributed by atoms with E-state index in [9.17, 15) is 5.11 Å². The molecule has 0 fully saturated rings. The highest BCUT2D eigenvalue weighted by Crippen LogP contribution is 2.31. The fraction of sp³-hybridized carbons (Fsp3) is 0.231. The molecule has 0 aliphatic heterocycles. The molecule has 0 aliphatic rings. The summed E-state index contributed by atoms with van der Waals surface area (Å²) >= 11 is 0. The van der Waals surface area contributed by atoms with Gasteiger partial charge in [0, 0.05) is 17.9 Å². The third-order valence-corrected chi connectivity index (χ3v) is 2.40. The maximum Gasteiger partial charge on any atom is 0.127 e. The van der Waals surface area contributed by atoms with Gasteiger partial charge in [-0.3, -0.25) is 0 Å². The van der Waals surface area contributed by atoms with Crippen molar-refractivity contribution in [1.29, 1.82) is 0 Å². The molecular weight excluding hydrogens is 204 g/mol. The first-order valence-corrected chi connectivity index (χ1v) is 5.15. The average molecular weight is 218 g/mol. The summed E-state index contributed by atoms with van der Waals surface area (Å²) in [5.41, 5.74) is 0. The van der Waals surface area contributed by atoms with Gasteiger partial charge in [-0.05, 0) is 12.1 Å². The molecule has 2 aromatic rings. The first-order valence-electron chi connectivity index (χ1n) is 5.15. The van der Waals surface area contributed by atoms with E-state index in [-0.39, 0.29) is 5.75 Å². The van der Waals surface area contributed by atoms with Crippen LogP contribution in [0.5, 0.6) is 11.5 Å². The Kier molecular flexibility index (Phi) is 3.27. The highest BCUT2D eigenvalue weighted by molar-refractivity contribution is 5.92. The van der Waals surface area contributed by atoms with Crippen LogP contribution in [0.25, 0.3) is 10.8 Å². The van der Waals surface area contributed by atoms with Crippen molar-refractivity contribution in [2.24, 2.45) is 0 Å². The Morgan fingerprint density at radius 2 is 1.75 bits per heavy atom. The molecule has 3 heteroatoms. The molecule has 0 aliphatic carbocycles. The molecule has 1 N–H and O–H groups in total. The zero-order valence-electron chi connectivity index (χ0n) is 9.14. The van der Waals surface area contributed by atoms with Crippen LogP contribution in [0.2, 0.25) is 0 Å². The molecule has 0 aromatic heterocycles. The van der Waals surface area contributed by atoms with Gasteiger partial charge < -0.3 is 14.6 Å². The molecule has 2 aromatic carbocycles. The van der Waals surface area contributed by atoms with Gasteiger partial charge in [0.15, 0.2) is 0 Å². The molecule has 0 saturated heterocycles. The van der Waals surface area contributed by atoms with E-state index in [0.717, 1.165) is 16.5 Å². The number of phenols is 1. The van der Waals surface area contributed by atoms with Crippen LogP contribution >= 0.6 is 0 Å². The van der Waals surface area contributed by atoms with Crippen molar-refractivity contribution >= 4 is 10.8 Å². The summed E-state index contributed by atoms with van der Waals surface area (Å²) in [5, 5.41) is 11.4. The predicted molar refractivity (Wildman–Crippen MR) is 63.0 cm³/mol. The second-order valence-corrected chi connectivity index (χ2v) is 3.47. The zero-order valence-corrected chi connectivity index (χ0v) is 9.14. The predicted octanol–water partition coefficient (Wildman–Crippen LogP) is 2.57. The monoisotopic (exact) mass is 218 g/mol. The summed E-state index contributed by atoms with van der Waals surface area (Å²) in [4.78, 5) is 0. The Labute approximate surface area is 94.2 Å². The van der Waals surface area contributed by atoms with Crippen LogP contribution in [0.3, 0.4) is 0 Å². The molecule has 16 heavy (non-hydrogen) atoms. The lowest BCUT2D eigenvalue weighted by molar-refractivity contribution is 0.147. The zero-order chi connectivity index (χ0) is 11.4. The number of benzene rings is 2. The smallest absolute Gasteiger partial charge is 0.127 e. The van der Waals surface area contributed by atoms with Crippen LogP contribution in [0.1, 0.15) is 0 Å². The van der Waals surface area contributed by atoms with E-state index in [1.54, 1.807) is 19.2 Å². The maximum absolute atomic E-state index is 9.69. The van der Waals surface area contributed by atoms with Crippen LogP contribution < -0.4 is 4.74 Å². The van der Waals surface area contributed by atoms with E-state index in [0.29, 0.717) is 13.2 Å². The van der Waals surface area contributed by atoms with E-state index >= 15 is 0 Å². The second kappa shape index (κ2) is 4.86. The third kappa shape index (κ3) is 2.09. The van der Waals surface area contributed by atoms with Crippen molar-refractivity contribution in [1.82, 2.24) is 0 Å². The molecule has 3 nitrogen and oxygen atoms in total. The van der Waals surface area contributed by atoms with E-state index in [1.165, 1.54) is 0 Å². The van der Waals surface area contributed by atoms with Crippen LogP contribution in [0, 0.1) is 0 Å². The lowest BCUT2D eigenvalue weighted by Gasteiger charge is -2.09. The number of rotatable bonds is 4. The van der Waals surface area contributed by atoms with E-state index < -0.39 is 0 Å². The van der Waals surface area contributed by atoms with Gasteiger partial charge in [-0.1, -0.05) is 24.3 Å².